The Bertz CT molecular complexity index is 1020. The van der Waals surface area contributed by atoms with Crippen LogP contribution < -0.4 is 0 Å². The average molecular weight is 433 g/mol. The maximum absolute atomic E-state index is 14.0. The summed E-state index contributed by atoms with van der Waals surface area (Å²) in [6.45, 7) is 2.75. The van der Waals surface area contributed by atoms with Gasteiger partial charge in [0.25, 0.3) is 17.5 Å². The molecule has 1 fully saturated rings. The van der Waals surface area contributed by atoms with E-state index in [4.69, 9.17) is 11.6 Å². The lowest BCUT2D eigenvalue weighted by atomic mass is 10.1. The van der Waals surface area contributed by atoms with E-state index in [1.807, 2.05) is 9.80 Å². The monoisotopic (exact) mass is 432 g/mol. The van der Waals surface area contributed by atoms with Crippen LogP contribution in [0.1, 0.15) is 26.3 Å². The molecule has 0 saturated carbocycles. The fourth-order valence-corrected chi connectivity index (χ4v) is 4.01. The van der Waals surface area contributed by atoms with Crippen LogP contribution in [-0.2, 0) is 6.54 Å². The molecule has 0 N–H and O–H groups in total. The Morgan fingerprint density at radius 2 is 1.67 bits per heavy atom. The van der Waals surface area contributed by atoms with Crippen molar-refractivity contribution >= 4 is 29.1 Å². The van der Waals surface area contributed by atoms with Crippen molar-refractivity contribution in [2.24, 2.45) is 0 Å². The zero-order valence-electron chi connectivity index (χ0n) is 15.9. The first-order valence-corrected chi connectivity index (χ1v) is 9.76. The number of nitro benzene ring substituents is 1. The molecule has 0 bridgehead atoms. The van der Waals surface area contributed by atoms with Gasteiger partial charge in [-0.15, -0.1) is 0 Å². The second-order valence-electron chi connectivity index (χ2n) is 7.23. The van der Waals surface area contributed by atoms with Crippen molar-refractivity contribution in [3.05, 3.63) is 74.0 Å². The van der Waals surface area contributed by atoms with E-state index in [1.54, 1.807) is 12.1 Å². The predicted molar refractivity (Wildman–Crippen MR) is 107 cm³/mol. The number of hydrogen-bond acceptors (Lipinski definition) is 6. The molecule has 10 heteroatoms. The zero-order valence-corrected chi connectivity index (χ0v) is 16.6. The third kappa shape index (κ3) is 3.67. The lowest BCUT2D eigenvalue weighted by Crippen LogP contribution is -2.50. The molecule has 0 spiro atoms. The highest BCUT2D eigenvalue weighted by atomic mass is 35.5. The fraction of sp³-hybridized carbons (Fsp3) is 0.300. The van der Waals surface area contributed by atoms with Crippen LogP contribution in [0.4, 0.5) is 10.1 Å². The normalized spacial score (nSPS) is 17.5. The molecule has 2 aromatic rings. The van der Waals surface area contributed by atoms with Gasteiger partial charge in [-0.1, -0.05) is 23.7 Å². The maximum Gasteiger partial charge on any atom is 0.282 e. The van der Waals surface area contributed by atoms with Gasteiger partial charge in [0, 0.05) is 49.4 Å². The van der Waals surface area contributed by atoms with E-state index in [0.29, 0.717) is 43.3 Å². The Morgan fingerprint density at radius 1 is 1.00 bits per heavy atom. The smallest absolute Gasteiger partial charge is 0.282 e. The lowest BCUT2D eigenvalue weighted by molar-refractivity contribution is -0.385. The summed E-state index contributed by atoms with van der Waals surface area (Å²) < 4.78 is 14.0. The van der Waals surface area contributed by atoms with Crippen molar-refractivity contribution in [2.75, 3.05) is 32.8 Å². The lowest BCUT2D eigenvalue weighted by Gasteiger charge is -2.36. The zero-order chi connectivity index (χ0) is 21.4. The second-order valence-corrected chi connectivity index (χ2v) is 7.64. The highest BCUT2D eigenvalue weighted by molar-refractivity contribution is 6.31. The molecule has 2 aliphatic heterocycles. The minimum Gasteiger partial charge on any atom is -0.296 e. The van der Waals surface area contributed by atoms with Crippen LogP contribution in [0.15, 0.2) is 36.4 Å². The number of halogens is 2. The van der Waals surface area contributed by atoms with Crippen molar-refractivity contribution in [3.63, 3.8) is 0 Å². The van der Waals surface area contributed by atoms with Gasteiger partial charge in [0.05, 0.1) is 17.2 Å². The number of rotatable bonds is 5. The van der Waals surface area contributed by atoms with Crippen LogP contribution in [0.5, 0.6) is 0 Å². The number of carbonyl (C=O) groups excluding carboxylic acids is 2. The van der Waals surface area contributed by atoms with E-state index in [2.05, 4.69) is 0 Å². The number of carbonyl (C=O) groups is 2. The Hall–Kier alpha value is -2.88. The third-order valence-corrected chi connectivity index (χ3v) is 5.78. The van der Waals surface area contributed by atoms with Crippen LogP contribution in [-0.4, -0.2) is 64.3 Å². The van der Waals surface area contributed by atoms with E-state index in [0.717, 1.165) is 4.90 Å². The number of hydrogen-bond donors (Lipinski definition) is 0. The molecule has 1 saturated heterocycles. The van der Waals surface area contributed by atoms with Crippen LogP contribution in [0.2, 0.25) is 5.02 Å². The molecule has 0 atom stereocenters. The first-order valence-electron chi connectivity index (χ1n) is 9.38. The Balaban J connectivity index is 1.40. The number of amides is 2. The summed E-state index contributed by atoms with van der Waals surface area (Å²) in [5.41, 5.74) is -0.0115. The van der Waals surface area contributed by atoms with Crippen LogP contribution >= 0.6 is 11.6 Å². The molecule has 2 aliphatic rings. The summed E-state index contributed by atoms with van der Waals surface area (Å²) in [5, 5.41) is 11.6. The van der Waals surface area contributed by atoms with E-state index < -0.39 is 16.7 Å². The molecule has 4 rings (SSSR count). The van der Waals surface area contributed by atoms with Crippen LogP contribution in [0.25, 0.3) is 0 Å². The summed E-state index contributed by atoms with van der Waals surface area (Å²) in [6.07, 6.45) is 0. The van der Waals surface area contributed by atoms with E-state index in [9.17, 15) is 24.1 Å². The van der Waals surface area contributed by atoms with Crippen molar-refractivity contribution in [1.29, 1.82) is 0 Å². The van der Waals surface area contributed by atoms with Gasteiger partial charge in [-0.3, -0.25) is 34.4 Å². The van der Waals surface area contributed by atoms with Gasteiger partial charge in [-0.05, 0) is 18.2 Å². The number of imide groups is 1. The minimum atomic E-state index is -0.653. The number of piperazine rings is 1. The maximum atomic E-state index is 14.0. The van der Waals surface area contributed by atoms with Gasteiger partial charge in [-0.2, -0.15) is 0 Å². The van der Waals surface area contributed by atoms with Gasteiger partial charge >= 0.3 is 0 Å². The summed E-state index contributed by atoms with van der Waals surface area (Å²) >= 11 is 6.10. The Kier molecular flexibility index (Phi) is 5.50. The summed E-state index contributed by atoms with van der Waals surface area (Å²) in [5.74, 6) is -1.53. The first kappa shape index (κ1) is 20.4. The van der Waals surface area contributed by atoms with Crippen LogP contribution in [0.3, 0.4) is 0 Å². The van der Waals surface area contributed by atoms with Crippen molar-refractivity contribution in [1.82, 2.24) is 14.7 Å². The van der Waals surface area contributed by atoms with Crippen molar-refractivity contribution < 1.29 is 18.9 Å². The Labute approximate surface area is 176 Å². The van der Waals surface area contributed by atoms with E-state index in [1.165, 1.54) is 24.3 Å². The first-order chi connectivity index (χ1) is 14.4. The quantitative estimate of drug-likeness (QED) is 0.410. The van der Waals surface area contributed by atoms with Crippen molar-refractivity contribution in [3.8, 4) is 0 Å². The second kappa shape index (κ2) is 8.10. The minimum absolute atomic E-state index is 0.0534. The summed E-state index contributed by atoms with van der Waals surface area (Å²) in [6, 6.07) is 8.64. The molecule has 8 nitrogen and oxygen atoms in total. The van der Waals surface area contributed by atoms with E-state index in [-0.39, 0.29) is 29.3 Å². The van der Waals surface area contributed by atoms with Crippen molar-refractivity contribution in [2.45, 2.75) is 6.54 Å². The van der Waals surface area contributed by atoms with Gasteiger partial charge < -0.3 is 0 Å². The molecule has 2 amide bonds. The summed E-state index contributed by atoms with van der Waals surface area (Å²) in [4.78, 5) is 40.9. The molecule has 156 valence electrons. The largest absolute Gasteiger partial charge is 0.296 e. The number of benzene rings is 2. The van der Waals surface area contributed by atoms with E-state index >= 15 is 0 Å². The molecule has 30 heavy (non-hydrogen) atoms. The Morgan fingerprint density at radius 3 is 2.33 bits per heavy atom. The number of fused-ring (bicyclic) bond motifs is 1. The molecule has 2 heterocycles. The molecule has 0 aromatic heterocycles. The SMILES string of the molecule is O=C1c2cccc([N+](=O)[O-])c2C(=O)N1CN1CCN(Cc2c(F)cccc2Cl)CC1. The topological polar surface area (TPSA) is 87.0 Å². The molecule has 0 aliphatic carbocycles. The summed E-state index contributed by atoms with van der Waals surface area (Å²) in [7, 11) is 0. The number of nitrogens with zero attached hydrogens (tertiary/aromatic N) is 4. The molecule has 0 unspecified atom stereocenters. The predicted octanol–water partition coefficient (Wildman–Crippen LogP) is 2.76. The fourth-order valence-electron chi connectivity index (χ4n) is 3.79. The van der Waals surface area contributed by atoms with Gasteiger partial charge in [0.2, 0.25) is 0 Å². The highest BCUT2D eigenvalue weighted by Crippen LogP contribution is 2.31. The van der Waals surface area contributed by atoms with Gasteiger partial charge in [-0.25, -0.2) is 4.39 Å². The average Bonchev–Trinajstić information content (AvgIpc) is 2.97. The standard InChI is InChI=1S/C20H18ClFN4O4/c21-15-4-2-5-16(22)14(15)11-23-7-9-24(10-8-23)12-25-19(27)13-3-1-6-17(26(29)30)18(13)20(25)28/h1-6H,7-12H2. The van der Waals surface area contributed by atoms with Crippen LogP contribution in [0, 0.1) is 15.9 Å². The third-order valence-electron chi connectivity index (χ3n) is 5.42. The molecule has 2 aromatic carbocycles. The number of nitro groups is 1. The van der Waals surface area contributed by atoms with Gasteiger partial charge in [0.1, 0.15) is 11.4 Å². The molecular formula is C20H18ClFN4O4. The van der Waals surface area contributed by atoms with Gasteiger partial charge in [0.15, 0.2) is 0 Å². The highest BCUT2D eigenvalue weighted by Gasteiger charge is 2.41. The molecular weight excluding hydrogens is 415 g/mol. The molecule has 0 radical (unpaired) electrons.